The molecule has 3 rings (SSSR count). The molecule has 1 aliphatic rings. The largest absolute Gasteiger partial charge is 0.478 e. The van der Waals surface area contributed by atoms with Crippen molar-refractivity contribution in [2.24, 2.45) is 5.14 Å². The molecule has 0 spiro atoms. The first-order valence-electron chi connectivity index (χ1n) is 12.5. The summed E-state index contributed by atoms with van der Waals surface area (Å²) in [5.41, 5.74) is -0.201. The molecule has 0 aliphatic heterocycles. The summed E-state index contributed by atoms with van der Waals surface area (Å²) in [7, 11) is -4.79. The number of rotatable bonds is 7. The molecule has 6 nitrogen and oxygen atoms in total. The molecule has 0 amide bonds. The van der Waals surface area contributed by atoms with Crippen LogP contribution in [0.15, 0.2) is 34.1 Å². The highest BCUT2D eigenvalue weighted by Crippen LogP contribution is 2.39. The molecule has 37 heavy (non-hydrogen) atoms. The number of halogens is 3. The van der Waals surface area contributed by atoms with E-state index in [0.717, 1.165) is 51.4 Å². The van der Waals surface area contributed by atoms with Gasteiger partial charge in [0.2, 0.25) is 10.0 Å². The third-order valence-corrected chi connectivity index (χ3v) is 8.61. The number of carboxylic acid groups (broad SMARTS) is 1. The molecule has 1 aliphatic carbocycles. The number of hydrogen-bond donors (Lipinski definition) is 3. The van der Waals surface area contributed by atoms with E-state index >= 15 is 8.78 Å². The zero-order valence-corrected chi connectivity index (χ0v) is 22.2. The minimum absolute atomic E-state index is 0.000318. The maximum Gasteiger partial charge on any atom is 0.335 e. The number of sulfonamides is 1. The molecule has 1 fully saturated rings. The van der Waals surface area contributed by atoms with Crippen molar-refractivity contribution in [3.63, 3.8) is 0 Å². The second-order valence-corrected chi connectivity index (χ2v) is 11.9. The van der Waals surface area contributed by atoms with E-state index in [1.54, 1.807) is 6.07 Å². The number of anilines is 1. The first-order chi connectivity index (χ1) is 17.6. The maximum atomic E-state index is 15.7. The number of hydrogen-bond acceptors (Lipinski definition) is 5. The standard InChI is InChI=1S/C26H33F3N2O4S2/c27-20-21(28)25(37(30,34)35)23(31-19-13-8-6-4-2-1-3-5-7-9-14-19)22(29)24(20)36-16-17-11-10-12-18(15-17)26(32)33/h10-12,15,19,31H,1-9,13-14,16H2,(H,32,33)(H2,30,34,35). The number of primary sulfonamides is 1. The lowest BCUT2D eigenvalue weighted by molar-refractivity contribution is 0.0696. The third-order valence-electron chi connectivity index (χ3n) is 6.53. The van der Waals surface area contributed by atoms with Crippen LogP contribution in [0.2, 0.25) is 0 Å². The molecule has 204 valence electrons. The van der Waals surface area contributed by atoms with E-state index in [-0.39, 0.29) is 17.4 Å². The van der Waals surface area contributed by atoms with Crippen LogP contribution in [-0.4, -0.2) is 25.5 Å². The van der Waals surface area contributed by atoms with E-state index in [0.29, 0.717) is 30.2 Å². The van der Waals surface area contributed by atoms with Crippen LogP contribution in [0.3, 0.4) is 0 Å². The molecule has 4 N–H and O–H groups in total. The molecular weight excluding hydrogens is 525 g/mol. The molecule has 0 aromatic heterocycles. The molecule has 0 unspecified atom stereocenters. The van der Waals surface area contributed by atoms with Crippen LogP contribution in [0.25, 0.3) is 0 Å². The van der Waals surface area contributed by atoms with E-state index in [2.05, 4.69) is 5.32 Å². The zero-order valence-electron chi connectivity index (χ0n) is 20.6. The monoisotopic (exact) mass is 558 g/mol. The van der Waals surface area contributed by atoms with Gasteiger partial charge in [0.05, 0.1) is 16.1 Å². The summed E-state index contributed by atoms with van der Waals surface area (Å²) in [6.45, 7) is 0. The molecule has 2 aromatic rings. The van der Waals surface area contributed by atoms with Crippen molar-refractivity contribution in [3.05, 3.63) is 52.8 Å². The van der Waals surface area contributed by atoms with Gasteiger partial charge in [-0.3, -0.25) is 0 Å². The summed E-state index contributed by atoms with van der Waals surface area (Å²) >= 11 is 0.617. The van der Waals surface area contributed by atoms with Gasteiger partial charge in [-0.05, 0) is 30.5 Å². The number of nitrogens with two attached hydrogens (primary N) is 1. The van der Waals surface area contributed by atoms with Crippen LogP contribution in [0.1, 0.15) is 86.6 Å². The smallest absolute Gasteiger partial charge is 0.335 e. The van der Waals surface area contributed by atoms with Crippen molar-refractivity contribution in [2.45, 2.75) is 92.2 Å². The number of thioether (sulfide) groups is 1. The predicted octanol–water partition coefficient (Wildman–Crippen LogP) is 6.83. The first-order valence-corrected chi connectivity index (χ1v) is 15.1. The van der Waals surface area contributed by atoms with Crippen LogP contribution < -0.4 is 10.5 Å². The van der Waals surface area contributed by atoms with Gasteiger partial charge >= 0.3 is 5.97 Å². The topological polar surface area (TPSA) is 109 Å². The number of nitrogens with one attached hydrogen (secondary N) is 1. The Hall–Kier alpha value is -2.24. The highest BCUT2D eigenvalue weighted by atomic mass is 32.2. The molecule has 0 heterocycles. The van der Waals surface area contributed by atoms with Crippen molar-refractivity contribution in [2.75, 3.05) is 5.32 Å². The first kappa shape index (κ1) is 29.3. The zero-order chi connectivity index (χ0) is 27.0. The Morgan fingerprint density at radius 1 is 0.946 bits per heavy atom. The van der Waals surface area contributed by atoms with Gasteiger partial charge in [0.1, 0.15) is 4.90 Å². The molecule has 0 atom stereocenters. The van der Waals surface area contributed by atoms with Gasteiger partial charge in [0.25, 0.3) is 0 Å². The Kier molecular flexibility index (Phi) is 10.7. The fourth-order valence-electron chi connectivity index (χ4n) is 4.60. The Balaban J connectivity index is 1.94. The van der Waals surface area contributed by atoms with Crippen LogP contribution in [0.4, 0.5) is 18.9 Å². The Morgan fingerprint density at radius 2 is 1.51 bits per heavy atom. The average Bonchev–Trinajstić information content (AvgIpc) is 2.83. The lowest BCUT2D eigenvalue weighted by atomic mass is 9.97. The van der Waals surface area contributed by atoms with Crippen LogP contribution in [-0.2, 0) is 15.8 Å². The Morgan fingerprint density at radius 3 is 2.05 bits per heavy atom. The molecule has 2 aromatic carbocycles. The molecule has 11 heteroatoms. The number of carbonyl (C=O) groups is 1. The van der Waals surface area contributed by atoms with Crippen LogP contribution >= 0.6 is 11.8 Å². The number of aromatic carboxylic acids is 1. The predicted molar refractivity (Wildman–Crippen MR) is 139 cm³/mol. The summed E-state index contributed by atoms with van der Waals surface area (Å²) in [6.07, 6.45) is 10.6. The SMILES string of the molecule is NS(=O)(=O)c1c(F)c(F)c(SCc2cccc(C(=O)O)c2)c(F)c1NC1CCCCCCCCCCC1. The molecule has 0 radical (unpaired) electrons. The lowest BCUT2D eigenvalue weighted by Crippen LogP contribution is -2.25. The second kappa shape index (κ2) is 13.5. The number of carboxylic acids is 1. The van der Waals surface area contributed by atoms with E-state index in [1.165, 1.54) is 24.6 Å². The van der Waals surface area contributed by atoms with Gasteiger partial charge < -0.3 is 10.4 Å². The van der Waals surface area contributed by atoms with E-state index in [9.17, 15) is 17.6 Å². The lowest BCUT2D eigenvalue weighted by Gasteiger charge is -2.24. The minimum Gasteiger partial charge on any atom is -0.478 e. The summed E-state index contributed by atoms with van der Waals surface area (Å²) in [5.74, 6) is -5.83. The van der Waals surface area contributed by atoms with Gasteiger partial charge in [0.15, 0.2) is 17.5 Å². The van der Waals surface area contributed by atoms with Crippen molar-refractivity contribution in [3.8, 4) is 0 Å². The normalized spacial score (nSPS) is 16.5. The third kappa shape index (κ3) is 8.12. The average molecular weight is 559 g/mol. The highest BCUT2D eigenvalue weighted by Gasteiger charge is 2.32. The minimum atomic E-state index is -4.79. The van der Waals surface area contributed by atoms with E-state index in [4.69, 9.17) is 10.2 Å². The van der Waals surface area contributed by atoms with Gasteiger partial charge in [-0.15, -0.1) is 11.8 Å². The van der Waals surface area contributed by atoms with Gasteiger partial charge in [0, 0.05) is 11.8 Å². The fourth-order valence-corrected chi connectivity index (χ4v) is 6.31. The van der Waals surface area contributed by atoms with E-state index in [1.807, 2.05) is 0 Å². The second-order valence-electron chi connectivity index (χ2n) is 9.42. The molecule has 1 saturated carbocycles. The van der Waals surface area contributed by atoms with Gasteiger partial charge in [-0.25, -0.2) is 31.5 Å². The van der Waals surface area contributed by atoms with Crippen molar-refractivity contribution < 1.29 is 31.5 Å². The van der Waals surface area contributed by atoms with Crippen molar-refractivity contribution in [1.29, 1.82) is 0 Å². The summed E-state index contributed by atoms with van der Waals surface area (Å²) < 4.78 is 70.2. The van der Waals surface area contributed by atoms with Crippen LogP contribution in [0, 0.1) is 17.5 Å². The Bertz CT molecular complexity index is 1200. The van der Waals surface area contributed by atoms with Crippen molar-refractivity contribution >= 4 is 33.4 Å². The van der Waals surface area contributed by atoms with Crippen LogP contribution in [0.5, 0.6) is 0 Å². The van der Waals surface area contributed by atoms with Crippen molar-refractivity contribution in [1.82, 2.24) is 0 Å². The highest BCUT2D eigenvalue weighted by molar-refractivity contribution is 7.98. The van der Waals surface area contributed by atoms with Gasteiger partial charge in [-0.2, -0.15) is 0 Å². The van der Waals surface area contributed by atoms with E-state index < -0.39 is 48.9 Å². The summed E-state index contributed by atoms with van der Waals surface area (Å²) in [5, 5.41) is 17.2. The molecular formula is C26H33F3N2O4S2. The summed E-state index contributed by atoms with van der Waals surface area (Å²) in [6, 6.07) is 5.47. The molecule has 0 saturated heterocycles. The number of benzene rings is 2. The Labute approximate surface area is 220 Å². The molecule has 0 bridgehead atoms. The van der Waals surface area contributed by atoms with Gasteiger partial charge in [-0.1, -0.05) is 69.9 Å². The fraction of sp³-hybridized carbons (Fsp3) is 0.500. The maximum absolute atomic E-state index is 15.7. The summed E-state index contributed by atoms with van der Waals surface area (Å²) in [4.78, 5) is 9.30. The quantitative estimate of drug-likeness (QED) is 0.254.